The van der Waals surface area contributed by atoms with Crippen molar-refractivity contribution in [3.05, 3.63) is 24.3 Å². The third kappa shape index (κ3) is 3.74. The molecular formula is C9H15N3S. The Morgan fingerprint density at radius 2 is 2.38 bits per heavy atom. The van der Waals surface area contributed by atoms with Crippen molar-refractivity contribution in [1.82, 2.24) is 15.3 Å². The average Bonchev–Trinajstić information content (AvgIpc) is 2.19. The van der Waals surface area contributed by atoms with Crippen molar-refractivity contribution < 1.29 is 0 Å². The van der Waals surface area contributed by atoms with Crippen molar-refractivity contribution in [1.29, 1.82) is 0 Å². The highest BCUT2D eigenvalue weighted by molar-refractivity contribution is 7.98. The van der Waals surface area contributed by atoms with Crippen LogP contribution in [-0.2, 0) is 0 Å². The Labute approximate surface area is 83.4 Å². The highest BCUT2D eigenvalue weighted by atomic mass is 32.2. The second-order valence-corrected chi connectivity index (χ2v) is 3.78. The zero-order chi connectivity index (χ0) is 9.52. The van der Waals surface area contributed by atoms with Gasteiger partial charge in [0.15, 0.2) is 0 Å². The molecule has 0 radical (unpaired) electrons. The van der Waals surface area contributed by atoms with Crippen LogP contribution in [0.5, 0.6) is 0 Å². The van der Waals surface area contributed by atoms with E-state index in [1.54, 1.807) is 18.6 Å². The van der Waals surface area contributed by atoms with E-state index in [0.29, 0.717) is 6.04 Å². The van der Waals surface area contributed by atoms with Crippen LogP contribution in [0.1, 0.15) is 18.7 Å². The highest BCUT2D eigenvalue weighted by Crippen LogP contribution is 2.05. The molecule has 0 saturated carbocycles. The first-order chi connectivity index (χ1) is 6.34. The van der Waals surface area contributed by atoms with Crippen LogP contribution in [0.4, 0.5) is 0 Å². The third-order valence-electron chi connectivity index (χ3n) is 1.78. The molecule has 1 aromatic rings. The van der Waals surface area contributed by atoms with Gasteiger partial charge in [0.25, 0.3) is 0 Å². The zero-order valence-corrected chi connectivity index (χ0v) is 8.84. The fourth-order valence-electron chi connectivity index (χ4n) is 1.02. The van der Waals surface area contributed by atoms with Crippen molar-refractivity contribution in [2.45, 2.75) is 13.0 Å². The van der Waals surface area contributed by atoms with Gasteiger partial charge in [-0.15, -0.1) is 0 Å². The standard InChI is InChI=1S/C9H15N3S/c1-8(11-5-6-13-2)9-7-10-3-4-12-9/h3-4,7-8,11H,5-6H2,1-2H3. The molecule has 0 amide bonds. The smallest absolute Gasteiger partial charge is 0.0753 e. The van der Waals surface area contributed by atoms with E-state index < -0.39 is 0 Å². The predicted molar refractivity (Wildman–Crippen MR) is 56.8 cm³/mol. The molecule has 4 heteroatoms. The van der Waals surface area contributed by atoms with Crippen LogP contribution in [0.25, 0.3) is 0 Å². The predicted octanol–water partition coefficient (Wildman–Crippen LogP) is 1.49. The van der Waals surface area contributed by atoms with Gasteiger partial charge < -0.3 is 5.32 Å². The van der Waals surface area contributed by atoms with Gasteiger partial charge in [-0.2, -0.15) is 11.8 Å². The Morgan fingerprint density at radius 3 is 3.00 bits per heavy atom. The molecule has 1 aromatic heterocycles. The monoisotopic (exact) mass is 197 g/mol. The molecule has 0 aliphatic carbocycles. The summed E-state index contributed by atoms with van der Waals surface area (Å²) in [6.07, 6.45) is 7.33. The second-order valence-electron chi connectivity index (χ2n) is 2.80. The van der Waals surface area contributed by atoms with Crippen LogP contribution in [-0.4, -0.2) is 28.5 Å². The van der Waals surface area contributed by atoms with E-state index in [0.717, 1.165) is 18.0 Å². The Bertz CT molecular complexity index is 228. The minimum Gasteiger partial charge on any atom is -0.308 e. The summed E-state index contributed by atoms with van der Waals surface area (Å²) in [5, 5.41) is 3.38. The van der Waals surface area contributed by atoms with E-state index in [2.05, 4.69) is 28.5 Å². The second kappa shape index (κ2) is 5.94. The SMILES string of the molecule is CSCCNC(C)c1cnccn1. The van der Waals surface area contributed by atoms with Crippen molar-refractivity contribution >= 4 is 11.8 Å². The summed E-state index contributed by atoms with van der Waals surface area (Å²) in [5.41, 5.74) is 1.00. The minimum absolute atomic E-state index is 0.292. The van der Waals surface area contributed by atoms with Gasteiger partial charge in [-0.3, -0.25) is 9.97 Å². The van der Waals surface area contributed by atoms with Crippen molar-refractivity contribution in [3.63, 3.8) is 0 Å². The average molecular weight is 197 g/mol. The molecule has 0 aromatic carbocycles. The first-order valence-electron chi connectivity index (χ1n) is 4.33. The van der Waals surface area contributed by atoms with Crippen LogP contribution < -0.4 is 5.32 Å². The maximum Gasteiger partial charge on any atom is 0.0753 e. The summed E-state index contributed by atoms with van der Waals surface area (Å²) in [7, 11) is 0. The molecule has 1 unspecified atom stereocenters. The largest absolute Gasteiger partial charge is 0.308 e. The Balaban J connectivity index is 2.35. The molecule has 72 valence electrons. The molecule has 1 atom stereocenters. The number of hydrogen-bond donors (Lipinski definition) is 1. The molecule has 1 N–H and O–H groups in total. The lowest BCUT2D eigenvalue weighted by atomic mass is 10.2. The maximum absolute atomic E-state index is 4.23. The molecule has 0 spiro atoms. The fraction of sp³-hybridized carbons (Fsp3) is 0.556. The number of nitrogens with zero attached hydrogens (tertiary/aromatic N) is 2. The Hall–Kier alpha value is -0.610. The van der Waals surface area contributed by atoms with E-state index >= 15 is 0 Å². The summed E-state index contributed by atoms with van der Waals surface area (Å²) in [6, 6.07) is 0.292. The van der Waals surface area contributed by atoms with E-state index in [4.69, 9.17) is 0 Å². The summed E-state index contributed by atoms with van der Waals surface area (Å²) in [5.74, 6) is 1.13. The van der Waals surface area contributed by atoms with E-state index in [-0.39, 0.29) is 0 Å². The van der Waals surface area contributed by atoms with Gasteiger partial charge in [0.1, 0.15) is 0 Å². The lowest BCUT2D eigenvalue weighted by Crippen LogP contribution is -2.22. The summed E-state index contributed by atoms with van der Waals surface area (Å²) in [6.45, 7) is 3.11. The van der Waals surface area contributed by atoms with Crippen LogP contribution in [0.15, 0.2) is 18.6 Å². The molecule has 0 aliphatic heterocycles. The number of rotatable bonds is 5. The van der Waals surface area contributed by atoms with Crippen LogP contribution in [0.2, 0.25) is 0 Å². The van der Waals surface area contributed by atoms with Crippen molar-refractivity contribution in [2.24, 2.45) is 0 Å². The molecule has 0 saturated heterocycles. The topological polar surface area (TPSA) is 37.8 Å². The van der Waals surface area contributed by atoms with Crippen LogP contribution in [0, 0.1) is 0 Å². The molecular weight excluding hydrogens is 182 g/mol. The number of hydrogen-bond acceptors (Lipinski definition) is 4. The maximum atomic E-state index is 4.23. The fourth-order valence-corrected chi connectivity index (χ4v) is 1.34. The highest BCUT2D eigenvalue weighted by Gasteiger charge is 2.04. The lowest BCUT2D eigenvalue weighted by molar-refractivity contribution is 0.584. The van der Waals surface area contributed by atoms with E-state index in [9.17, 15) is 0 Å². The molecule has 0 bridgehead atoms. The number of thioether (sulfide) groups is 1. The van der Waals surface area contributed by atoms with Gasteiger partial charge in [-0.1, -0.05) is 0 Å². The molecule has 13 heavy (non-hydrogen) atoms. The molecule has 1 rings (SSSR count). The van der Waals surface area contributed by atoms with Crippen molar-refractivity contribution in [3.8, 4) is 0 Å². The molecule has 3 nitrogen and oxygen atoms in total. The van der Waals surface area contributed by atoms with Crippen LogP contribution in [0.3, 0.4) is 0 Å². The molecule has 0 fully saturated rings. The Kier molecular flexibility index (Phi) is 4.78. The third-order valence-corrected chi connectivity index (χ3v) is 2.40. The first-order valence-corrected chi connectivity index (χ1v) is 5.72. The normalized spacial score (nSPS) is 12.8. The van der Waals surface area contributed by atoms with Crippen LogP contribution >= 0.6 is 11.8 Å². The van der Waals surface area contributed by atoms with E-state index in [1.165, 1.54) is 0 Å². The van der Waals surface area contributed by atoms with Gasteiger partial charge in [-0.25, -0.2) is 0 Å². The van der Waals surface area contributed by atoms with Gasteiger partial charge >= 0.3 is 0 Å². The van der Waals surface area contributed by atoms with Crippen molar-refractivity contribution in [2.75, 3.05) is 18.6 Å². The lowest BCUT2D eigenvalue weighted by Gasteiger charge is -2.11. The number of nitrogens with one attached hydrogen (secondary N) is 1. The van der Waals surface area contributed by atoms with Gasteiger partial charge in [0.2, 0.25) is 0 Å². The van der Waals surface area contributed by atoms with Gasteiger partial charge in [0, 0.05) is 36.9 Å². The first kappa shape index (κ1) is 10.5. The van der Waals surface area contributed by atoms with E-state index in [1.807, 2.05) is 11.8 Å². The molecule has 1 heterocycles. The Morgan fingerprint density at radius 1 is 1.54 bits per heavy atom. The summed E-state index contributed by atoms with van der Waals surface area (Å²) >= 11 is 1.84. The summed E-state index contributed by atoms with van der Waals surface area (Å²) in [4.78, 5) is 8.25. The van der Waals surface area contributed by atoms with Gasteiger partial charge in [-0.05, 0) is 13.2 Å². The summed E-state index contributed by atoms with van der Waals surface area (Å²) < 4.78 is 0. The molecule has 0 aliphatic rings. The van der Waals surface area contributed by atoms with Gasteiger partial charge in [0.05, 0.1) is 5.69 Å². The minimum atomic E-state index is 0.292. The quantitative estimate of drug-likeness (QED) is 0.726. The number of aromatic nitrogens is 2. The zero-order valence-electron chi connectivity index (χ0n) is 8.03.